The first-order valence-corrected chi connectivity index (χ1v) is 11.4. The third kappa shape index (κ3) is 6.66. The molecule has 2 amide bonds. The number of benzene rings is 2. The van der Waals surface area contributed by atoms with Crippen LogP contribution in [0.25, 0.3) is 0 Å². The van der Waals surface area contributed by atoms with Gasteiger partial charge >= 0.3 is 0 Å². The molecule has 1 N–H and O–H groups in total. The van der Waals surface area contributed by atoms with Gasteiger partial charge in [-0.2, -0.15) is 0 Å². The van der Waals surface area contributed by atoms with Crippen LogP contribution in [0.1, 0.15) is 30.5 Å². The standard InChI is InChI=1S/C22H26Cl2N2O2S/c1-4-25-22(28)16(3)26(12-17-9-6-5-8-15(17)2)21(27)14-29-13-18-19(23)10-7-11-20(18)24/h5-11,16H,4,12-14H2,1-3H3,(H,25,28)/t16-/m1/s1. The predicted octanol–water partition coefficient (Wildman–Crippen LogP) is 5.09. The van der Waals surface area contributed by atoms with E-state index in [1.165, 1.54) is 11.8 Å². The molecule has 0 aliphatic heterocycles. The summed E-state index contributed by atoms with van der Waals surface area (Å²) in [5, 5.41) is 3.98. The second kappa shape index (κ2) is 11.5. The number of hydrogen-bond donors (Lipinski definition) is 1. The number of aryl methyl sites for hydroxylation is 1. The number of likely N-dealkylation sites (N-methyl/N-ethyl adjacent to an activating group) is 1. The highest BCUT2D eigenvalue weighted by molar-refractivity contribution is 7.99. The largest absolute Gasteiger partial charge is 0.355 e. The van der Waals surface area contributed by atoms with Crippen LogP contribution in [0, 0.1) is 6.92 Å². The number of halogens is 2. The summed E-state index contributed by atoms with van der Waals surface area (Å²) in [6.45, 7) is 6.54. The Balaban J connectivity index is 2.11. The van der Waals surface area contributed by atoms with Gasteiger partial charge in [0.1, 0.15) is 6.04 Å². The fourth-order valence-electron chi connectivity index (χ4n) is 2.87. The van der Waals surface area contributed by atoms with Crippen molar-refractivity contribution in [1.29, 1.82) is 0 Å². The highest BCUT2D eigenvalue weighted by Crippen LogP contribution is 2.28. The van der Waals surface area contributed by atoms with Crippen LogP contribution in [0.2, 0.25) is 10.0 Å². The molecule has 2 rings (SSSR count). The minimum Gasteiger partial charge on any atom is -0.355 e. The van der Waals surface area contributed by atoms with Crippen LogP contribution in [0.4, 0.5) is 0 Å². The van der Waals surface area contributed by atoms with E-state index in [9.17, 15) is 9.59 Å². The van der Waals surface area contributed by atoms with Crippen LogP contribution in [-0.2, 0) is 21.9 Å². The minimum absolute atomic E-state index is 0.0971. The van der Waals surface area contributed by atoms with Crippen molar-refractivity contribution >= 4 is 46.8 Å². The topological polar surface area (TPSA) is 49.4 Å². The second-order valence-corrected chi connectivity index (χ2v) is 8.51. The van der Waals surface area contributed by atoms with Crippen LogP contribution in [0.3, 0.4) is 0 Å². The van der Waals surface area contributed by atoms with Crippen LogP contribution >= 0.6 is 35.0 Å². The van der Waals surface area contributed by atoms with Crippen LogP contribution in [-0.4, -0.2) is 35.1 Å². The first kappa shape index (κ1) is 23.6. The smallest absolute Gasteiger partial charge is 0.242 e. The number of nitrogens with one attached hydrogen (secondary N) is 1. The fourth-order valence-corrected chi connectivity index (χ4v) is 4.52. The van der Waals surface area contributed by atoms with Gasteiger partial charge in [-0.15, -0.1) is 11.8 Å². The summed E-state index contributed by atoms with van der Waals surface area (Å²) >= 11 is 13.9. The molecule has 156 valence electrons. The van der Waals surface area contributed by atoms with Gasteiger partial charge in [0.2, 0.25) is 11.8 Å². The third-order valence-corrected chi connectivity index (χ3v) is 6.31. The molecule has 1 atom stereocenters. The Bertz CT molecular complexity index is 840. The Labute approximate surface area is 187 Å². The van der Waals surface area contributed by atoms with E-state index in [0.717, 1.165) is 16.7 Å². The molecule has 0 heterocycles. The van der Waals surface area contributed by atoms with Gasteiger partial charge < -0.3 is 10.2 Å². The molecule has 0 radical (unpaired) electrons. The predicted molar refractivity (Wildman–Crippen MR) is 122 cm³/mol. The van der Waals surface area contributed by atoms with Gasteiger partial charge in [0, 0.05) is 28.9 Å². The van der Waals surface area contributed by atoms with Crippen molar-refractivity contribution in [3.05, 3.63) is 69.2 Å². The summed E-state index contributed by atoms with van der Waals surface area (Å²) in [7, 11) is 0. The quantitative estimate of drug-likeness (QED) is 0.576. The summed E-state index contributed by atoms with van der Waals surface area (Å²) in [5.41, 5.74) is 2.93. The van der Waals surface area contributed by atoms with E-state index >= 15 is 0 Å². The van der Waals surface area contributed by atoms with Crippen molar-refractivity contribution in [1.82, 2.24) is 10.2 Å². The van der Waals surface area contributed by atoms with E-state index in [-0.39, 0.29) is 17.6 Å². The SMILES string of the molecule is CCNC(=O)[C@@H](C)N(Cc1ccccc1C)C(=O)CSCc1c(Cl)cccc1Cl. The van der Waals surface area contributed by atoms with Crippen molar-refractivity contribution in [2.75, 3.05) is 12.3 Å². The molecule has 0 aliphatic rings. The van der Waals surface area contributed by atoms with Crippen molar-refractivity contribution in [3.8, 4) is 0 Å². The maximum Gasteiger partial charge on any atom is 0.242 e. The molecule has 0 saturated carbocycles. The van der Waals surface area contributed by atoms with Gasteiger partial charge in [-0.05, 0) is 49.6 Å². The van der Waals surface area contributed by atoms with E-state index in [1.807, 2.05) is 38.1 Å². The van der Waals surface area contributed by atoms with Crippen LogP contribution in [0.5, 0.6) is 0 Å². The fraction of sp³-hybridized carbons (Fsp3) is 0.364. The molecule has 29 heavy (non-hydrogen) atoms. The lowest BCUT2D eigenvalue weighted by Gasteiger charge is -2.29. The lowest BCUT2D eigenvalue weighted by Crippen LogP contribution is -2.48. The highest BCUT2D eigenvalue weighted by atomic mass is 35.5. The molecule has 0 aliphatic carbocycles. The summed E-state index contributed by atoms with van der Waals surface area (Å²) in [4.78, 5) is 27.1. The van der Waals surface area contributed by atoms with Gasteiger partial charge in [-0.3, -0.25) is 9.59 Å². The average molecular weight is 453 g/mol. The average Bonchev–Trinajstić information content (AvgIpc) is 2.69. The number of rotatable bonds is 9. The van der Waals surface area contributed by atoms with Gasteiger partial charge in [-0.25, -0.2) is 0 Å². The minimum atomic E-state index is -0.563. The molecule has 0 aromatic heterocycles. The number of nitrogens with zero attached hydrogens (tertiary/aromatic N) is 1. The van der Waals surface area contributed by atoms with E-state index in [0.29, 0.717) is 28.9 Å². The Morgan fingerprint density at radius 3 is 2.38 bits per heavy atom. The molecule has 0 fully saturated rings. The summed E-state index contributed by atoms with van der Waals surface area (Å²) < 4.78 is 0. The Kier molecular flexibility index (Phi) is 9.34. The molecule has 0 bridgehead atoms. The normalized spacial score (nSPS) is 11.8. The zero-order chi connectivity index (χ0) is 21.4. The van der Waals surface area contributed by atoms with Gasteiger partial charge in [0.25, 0.3) is 0 Å². The number of carbonyl (C=O) groups is 2. The molecule has 7 heteroatoms. The number of hydrogen-bond acceptors (Lipinski definition) is 3. The van der Waals surface area contributed by atoms with Gasteiger partial charge in [0.05, 0.1) is 5.75 Å². The van der Waals surface area contributed by atoms with E-state index < -0.39 is 6.04 Å². The number of amides is 2. The van der Waals surface area contributed by atoms with Crippen molar-refractivity contribution < 1.29 is 9.59 Å². The number of carbonyl (C=O) groups excluding carboxylic acids is 2. The van der Waals surface area contributed by atoms with E-state index in [2.05, 4.69) is 5.32 Å². The first-order valence-electron chi connectivity index (χ1n) is 9.47. The zero-order valence-electron chi connectivity index (χ0n) is 16.9. The summed E-state index contributed by atoms with van der Waals surface area (Å²) in [5.74, 6) is 0.503. The van der Waals surface area contributed by atoms with Crippen LogP contribution < -0.4 is 5.32 Å². The molecule has 0 unspecified atom stereocenters. The molecular weight excluding hydrogens is 427 g/mol. The van der Waals surface area contributed by atoms with E-state index in [4.69, 9.17) is 23.2 Å². The van der Waals surface area contributed by atoms with Gasteiger partial charge in [-0.1, -0.05) is 53.5 Å². The lowest BCUT2D eigenvalue weighted by molar-refractivity contribution is -0.138. The Hall–Kier alpha value is -1.69. The molecular formula is C22H26Cl2N2O2S. The Morgan fingerprint density at radius 1 is 1.10 bits per heavy atom. The third-order valence-electron chi connectivity index (χ3n) is 4.65. The molecule has 2 aromatic carbocycles. The van der Waals surface area contributed by atoms with Crippen molar-refractivity contribution in [2.24, 2.45) is 0 Å². The molecule has 4 nitrogen and oxygen atoms in total. The molecule has 2 aromatic rings. The van der Waals surface area contributed by atoms with Crippen LogP contribution in [0.15, 0.2) is 42.5 Å². The Morgan fingerprint density at radius 2 is 1.76 bits per heavy atom. The monoisotopic (exact) mass is 452 g/mol. The second-order valence-electron chi connectivity index (χ2n) is 6.71. The summed E-state index contributed by atoms with van der Waals surface area (Å²) in [6, 6.07) is 12.7. The van der Waals surface area contributed by atoms with Crippen molar-refractivity contribution in [3.63, 3.8) is 0 Å². The highest BCUT2D eigenvalue weighted by Gasteiger charge is 2.26. The molecule has 0 saturated heterocycles. The zero-order valence-corrected chi connectivity index (χ0v) is 19.2. The van der Waals surface area contributed by atoms with Crippen molar-refractivity contribution in [2.45, 2.75) is 39.1 Å². The lowest BCUT2D eigenvalue weighted by atomic mass is 10.1. The molecule has 0 spiro atoms. The van der Waals surface area contributed by atoms with E-state index in [1.54, 1.807) is 30.0 Å². The first-order chi connectivity index (χ1) is 13.8. The number of thioether (sulfide) groups is 1. The van der Waals surface area contributed by atoms with Gasteiger partial charge in [0.15, 0.2) is 0 Å². The maximum absolute atomic E-state index is 13.0. The summed E-state index contributed by atoms with van der Waals surface area (Å²) in [6.07, 6.45) is 0. The maximum atomic E-state index is 13.0.